The second kappa shape index (κ2) is 3.99. The Kier molecular flexibility index (Phi) is 2.49. The number of aldehydes is 1. The quantitative estimate of drug-likeness (QED) is 0.700. The summed E-state index contributed by atoms with van der Waals surface area (Å²) in [7, 11) is 0. The highest BCUT2D eigenvalue weighted by Crippen LogP contribution is 2.25. The van der Waals surface area contributed by atoms with Gasteiger partial charge in [0.2, 0.25) is 0 Å². The minimum Gasteiger partial charge on any atom is -0.317 e. The fraction of sp³-hybridized carbons (Fsp3) is 0.636. The van der Waals surface area contributed by atoms with Crippen molar-refractivity contribution in [3.8, 4) is 0 Å². The van der Waals surface area contributed by atoms with Gasteiger partial charge in [-0.1, -0.05) is 0 Å². The third-order valence-corrected chi connectivity index (χ3v) is 3.49. The maximum Gasteiger partial charge on any atom is 0.168 e. The van der Waals surface area contributed by atoms with Gasteiger partial charge in [-0.2, -0.15) is 5.10 Å². The minimum absolute atomic E-state index is 0.395. The number of nitrogens with zero attached hydrogens (tertiary/aromatic N) is 2. The number of hydrogen-bond acceptors (Lipinski definition) is 4. The van der Waals surface area contributed by atoms with Crippen molar-refractivity contribution in [1.29, 1.82) is 0 Å². The molecule has 0 bridgehead atoms. The molecule has 0 radical (unpaired) electrons. The average molecular weight is 220 g/mol. The number of fused-ring (bicyclic) bond motifs is 1. The highest BCUT2D eigenvalue weighted by molar-refractivity contribution is 5.75. The van der Waals surface area contributed by atoms with Crippen molar-refractivity contribution < 1.29 is 4.79 Å². The molecule has 0 saturated carbocycles. The zero-order valence-electron chi connectivity index (χ0n) is 9.20. The number of carbonyl (C=O) groups excluding carboxylic acids is 1. The molecular weight excluding hydrogens is 204 g/mol. The lowest BCUT2D eigenvalue weighted by atomic mass is 10.1. The number of nitrogens with one attached hydrogen (secondary N) is 2. The molecule has 0 spiro atoms. The van der Waals surface area contributed by atoms with E-state index in [2.05, 4.69) is 15.7 Å². The summed E-state index contributed by atoms with van der Waals surface area (Å²) in [4.78, 5) is 11.2. The average Bonchev–Trinajstić information content (AvgIpc) is 2.89. The molecule has 5 nitrogen and oxygen atoms in total. The van der Waals surface area contributed by atoms with Crippen molar-refractivity contribution in [3.63, 3.8) is 0 Å². The third-order valence-electron chi connectivity index (χ3n) is 3.49. The van der Waals surface area contributed by atoms with Crippen molar-refractivity contribution in [2.75, 3.05) is 13.1 Å². The Morgan fingerprint density at radius 1 is 1.25 bits per heavy atom. The first-order valence-electron chi connectivity index (χ1n) is 5.87. The Morgan fingerprint density at radius 2 is 2.06 bits per heavy atom. The predicted octanol–water partition coefficient (Wildman–Crippen LogP) is 0.223. The number of carbonyl (C=O) groups is 1. The van der Waals surface area contributed by atoms with Crippen LogP contribution in [0.5, 0.6) is 0 Å². The first-order valence-corrected chi connectivity index (χ1v) is 5.87. The molecule has 0 aromatic carbocycles. The molecule has 0 unspecified atom stereocenters. The van der Waals surface area contributed by atoms with Crippen LogP contribution in [0.25, 0.3) is 0 Å². The van der Waals surface area contributed by atoms with Gasteiger partial charge in [-0.05, 0) is 25.9 Å². The summed E-state index contributed by atoms with van der Waals surface area (Å²) in [5.74, 6) is 0. The molecule has 3 rings (SSSR count). The molecular formula is C11H16N4O. The van der Waals surface area contributed by atoms with Crippen molar-refractivity contribution in [1.82, 2.24) is 20.4 Å². The molecule has 2 aliphatic rings. The van der Waals surface area contributed by atoms with Gasteiger partial charge < -0.3 is 10.6 Å². The topological polar surface area (TPSA) is 59.0 Å². The monoisotopic (exact) mass is 220 g/mol. The second-order valence-electron chi connectivity index (χ2n) is 4.46. The van der Waals surface area contributed by atoms with Gasteiger partial charge in [-0.15, -0.1) is 0 Å². The molecule has 0 atom stereocenters. The Bertz CT molecular complexity index is 406. The van der Waals surface area contributed by atoms with E-state index in [4.69, 9.17) is 0 Å². The molecule has 3 heterocycles. The van der Waals surface area contributed by atoms with E-state index < -0.39 is 0 Å². The van der Waals surface area contributed by atoms with Crippen LogP contribution in [0.1, 0.15) is 40.6 Å². The van der Waals surface area contributed by atoms with Gasteiger partial charge >= 0.3 is 0 Å². The molecule has 16 heavy (non-hydrogen) atoms. The molecule has 86 valence electrons. The molecule has 1 saturated heterocycles. The van der Waals surface area contributed by atoms with Crippen LogP contribution < -0.4 is 10.6 Å². The lowest BCUT2D eigenvalue weighted by Gasteiger charge is -2.24. The van der Waals surface area contributed by atoms with Crippen molar-refractivity contribution in [2.24, 2.45) is 0 Å². The number of hydrogen-bond donors (Lipinski definition) is 2. The smallest absolute Gasteiger partial charge is 0.168 e. The van der Waals surface area contributed by atoms with Crippen LogP contribution in [-0.4, -0.2) is 29.2 Å². The molecule has 2 N–H and O–H groups in total. The summed E-state index contributed by atoms with van der Waals surface area (Å²) in [6.45, 7) is 3.63. The minimum atomic E-state index is 0.395. The standard InChI is InChI=1S/C11H16N4O/c16-7-11-9-5-13-6-10(9)14-15(11)8-1-3-12-4-2-8/h7-8,12-13H,1-6H2. The summed E-state index contributed by atoms with van der Waals surface area (Å²) in [5, 5.41) is 11.1. The van der Waals surface area contributed by atoms with Crippen LogP contribution in [-0.2, 0) is 13.1 Å². The van der Waals surface area contributed by atoms with Gasteiger partial charge in [0.1, 0.15) is 5.69 Å². The van der Waals surface area contributed by atoms with Gasteiger partial charge in [0.05, 0.1) is 11.7 Å². The Hall–Kier alpha value is -1.20. The van der Waals surface area contributed by atoms with Crippen molar-refractivity contribution >= 4 is 6.29 Å². The zero-order chi connectivity index (χ0) is 11.0. The highest BCUT2D eigenvalue weighted by atomic mass is 16.1. The first-order chi connectivity index (χ1) is 7.90. The summed E-state index contributed by atoms with van der Waals surface area (Å²) >= 11 is 0. The molecule has 1 aromatic rings. The van der Waals surface area contributed by atoms with Crippen LogP contribution in [0.3, 0.4) is 0 Å². The summed E-state index contributed by atoms with van der Waals surface area (Å²) in [5.41, 5.74) is 2.95. The molecule has 1 aromatic heterocycles. The molecule has 5 heteroatoms. The highest BCUT2D eigenvalue weighted by Gasteiger charge is 2.25. The number of aromatic nitrogens is 2. The van der Waals surface area contributed by atoms with Crippen LogP contribution >= 0.6 is 0 Å². The molecule has 0 aliphatic carbocycles. The second-order valence-corrected chi connectivity index (χ2v) is 4.46. The van der Waals surface area contributed by atoms with Crippen molar-refractivity contribution in [2.45, 2.75) is 32.0 Å². The predicted molar refractivity (Wildman–Crippen MR) is 59.3 cm³/mol. The molecule has 1 fully saturated rings. The number of rotatable bonds is 2. The third kappa shape index (κ3) is 1.47. The van der Waals surface area contributed by atoms with Gasteiger partial charge in [-0.3, -0.25) is 9.48 Å². The van der Waals surface area contributed by atoms with Gasteiger partial charge in [0, 0.05) is 18.7 Å². The van der Waals surface area contributed by atoms with E-state index in [-0.39, 0.29) is 0 Å². The van der Waals surface area contributed by atoms with E-state index in [1.807, 2.05) is 4.68 Å². The van der Waals surface area contributed by atoms with E-state index in [0.29, 0.717) is 6.04 Å². The molecule has 2 aliphatic heterocycles. The van der Waals surface area contributed by atoms with E-state index in [1.165, 1.54) is 0 Å². The Labute approximate surface area is 94.2 Å². The van der Waals surface area contributed by atoms with Gasteiger partial charge in [0.15, 0.2) is 6.29 Å². The lowest BCUT2D eigenvalue weighted by Crippen LogP contribution is -2.30. The maximum atomic E-state index is 11.2. The van der Waals surface area contributed by atoms with Crippen LogP contribution in [0.4, 0.5) is 0 Å². The lowest BCUT2D eigenvalue weighted by molar-refractivity contribution is 0.110. The van der Waals surface area contributed by atoms with Crippen LogP contribution in [0.15, 0.2) is 0 Å². The Balaban J connectivity index is 1.96. The Morgan fingerprint density at radius 3 is 2.81 bits per heavy atom. The van der Waals surface area contributed by atoms with E-state index in [1.54, 1.807) is 0 Å². The fourth-order valence-corrected chi connectivity index (χ4v) is 2.63. The maximum absolute atomic E-state index is 11.2. The van der Waals surface area contributed by atoms with Gasteiger partial charge in [-0.25, -0.2) is 0 Å². The van der Waals surface area contributed by atoms with Crippen molar-refractivity contribution in [3.05, 3.63) is 17.0 Å². The fourth-order valence-electron chi connectivity index (χ4n) is 2.63. The zero-order valence-corrected chi connectivity index (χ0v) is 9.20. The van der Waals surface area contributed by atoms with E-state index in [9.17, 15) is 4.79 Å². The summed E-state index contributed by atoms with van der Waals surface area (Å²) in [6.07, 6.45) is 3.09. The largest absolute Gasteiger partial charge is 0.317 e. The SMILES string of the molecule is O=Cc1c2c(nn1C1CCNCC1)CNC2. The number of piperidine rings is 1. The van der Waals surface area contributed by atoms with Crippen LogP contribution in [0, 0.1) is 0 Å². The van der Waals surface area contributed by atoms with Crippen LogP contribution in [0.2, 0.25) is 0 Å². The van der Waals surface area contributed by atoms with Gasteiger partial charge in [0.25, 0.3) is 0 Å². The van der Waals surface area contributed by atoms with E-state index in [0.717, 1.165) is 62.3 Å². The summed E-state index contributed by atoms with van der Waals surface area (Å²) < 4.78 is 1.96. The summed E-state index contributed by atoms with van der Waals surface area (Å²) in [6, 6.07) is 0.395. The normalized spacial score (nSPS) is 21.0. The van der Waals surface area contributed by atoms with E-state index >= 15 is 0 Å². The molecule has 0 amide bonds. The first kappa shape index (κ1) is 9.99.